The van der Waals surface area contributed by atoms with Gasteiger partial charge in [-0.2, -0.15) is 0 Å². The SMILES string of the molecule is Cc1ccc(C)c(NC(=O)[C@@H](C)OC(=O)Cc2ccc(C)c(C)c2)c1. The van der Waals surface area contributed by atoms with E-state index in [0.29, 0.717) is 0 Å². The Bertz CT molecular complexity index is 796. The van der Waals surface area contributed by atoms with E-state index in [1.54, 1.807) is 6.92 Å². The highest BCUT2D eigenvalue weighted by Crippen LogP contribution is 2.17. The van der Waals surface area contributed by atoms with Crippen LogP contribution in [0, 0.1) is 27.7 Å². The molecule has 0 aromatic heterocycles. The van der Waals surface area contributed by atoms with Crippen molar-refractivity contribution in [2.45, 2.75) is 47.1 Å². The number of rotatable bonds is 5. The summed E-state index contributed by atoms with van der Waals surface area (Å²) in [6.07, 6.45) is -0.693. The molecule has 0 aliphatic heterocycles. The van der Waals surface area contributed by atoms with Gasteiger partial charge in [0, 0.05) is 5.69 Å². The Labute approximate surface area is 149 Å². The minimum Gasteiger partial charge on any atom is -0.452 e. The second kappa shape index (κ2) is 7.97. The molecule has 0 spiro atoms. The Hall–Kier alpha value is -2.62. The van der Waals surface area contributed by atoms with Gasteiger partial charge in [0.2, 0.25) is 0 Å². The van der Waals surface area contributed by atoms with E-state index >= 15 is 0 Å². The molecule has 4 heteroatoms. The summed E-state index contributed by atoms with van der Waals surface area (Å²) in [6.45, 7) is 9.49. The van der Waals surface area contributed by atoms with Gasteiger partial charge in [0.1, 0.15) is 0 Å². The normalized spacial score (nSPS) is 11.7. The summed E-state index contributed by atoms with van der Waals surface area (Å²) in [4.78, 5) is 24.4. The van der Waals surface area contributed by atoms with Crippen molar-refractivity contribution in [2.24, 2.45) is 0 Å². The fourth-order valence-electron chi connectivity index (χ4n) is 2.48. The summed E-state index contributed by atoms with van der Waals surface area (Å²) in [7, 11) is 0. The predicted molar refractivity (Wildman–Crippen MR) is 99.7 cm³/mol. The van der Waals surface area contributed by atoms with Crippen LogP contribution >= 0.6 is 0 Å². The number of anilines is 1. The molecule has 132 valence electrons. The number of hydrogen-bond donors (Lipinski definition) is 1. The number of benzene rings is 2. The first kappa shape index (κ1) is 18.7. The van der Waals surface area contributed by atoms with E-state index in [-0.39, 0.29) is 12.3 Å². The van der Waals surface area contributed by atoms with Crippen molar-refractivity contribution in [3.63, 3.8) is 0 Å². The Balaban J connectivity index is 1.94. The quantitative estimate of drug-likeness (QED) is 0.837. The first-order valence-corrected chi connectivity index (χ1v) is 8.40. The first-order valence-electron chi connectivity index (χ1n) is 8.40. The lowest BCUT2D eigenvalue weighted by atomic mass is 10.0. The molecule has 4 nitrogen and oxygen atoms in total. The Morgan fingerprint density at radius 2 is 1.64 bits per heavy atom. The van der Waals surface area contributed by atoms with Gasteiger partial charge in [-0.1, -0.05) is 30.3 Å². The maximum absolute atomic E-state index is 12.3. The van der Waals surface area contributed by atoms with Crippen LogP contribution in [0.2, 0.25) is 0 Å². The van der Waals surface area contributed by atoms with Crippen molar-refractivity contribution >= 4 is 17.6 Å². The van der Waals surface area contributed by atoms with E-state index in [0.717, 1.165) is 27.9 Å². The average Bonchev–Trinajstić information content (AvgIpc) is 2.54. The summed E-state index contributed by atoms with van der Waals surface area (Å²) in [5.74, 6) is -0.742. The van der Waals surface area contributed by atoms with Crippen LogP contribution in [0.25, 0.3) is 0 Å². The fourth-order valence-corrected chi connectivity index (χ4v) is 2.48. The third-order valence-electron chi connectivity index (χ3n) is 4.25. The van der Waals surface area contributed by atoms with Crippen LogP contribution in [-0.4, -0.2) is 18.0 Å². The summed E-state index contributed by atoms with van der Waals surface area (Å²) in [6, 6.07) is 11.7. The zero-order valence-electron chi connectivity index (χ0n) is 15.5. The number of ether oxygens (including phenoxy) is 1. The smallest absolute Gasteiger partial charge is 0.311 e. The molecule has 1 atom stereocenters. The van der Waals surface area contributed by atoms with Crippen molar-refractivity contribution in [1.82, 2.24) is 0 Å². The number of carbonyl (C=O) groups excluding carboxylic acids is 2. The number of carbonyl (C=O) groups is 2. The molecule has 1 amide bonds. The summed E-state index contributed by atoms with van der Waals surface area (Å²) >= 11 is 0. The molecule has 2 aromatic carbocycles. The lowest BCUT2D eigenvalue weighted by Crippen LogP contribution is -2.30. The maximum atomic E-state index is 12.3. The van der Waals surface area contributed by atoms with Gasteiger partial charge < -0.3 is 10.1 Å². The molecule has 0 saturated carbocycles. The van der Waals surface area contributed by atoms with E-state index in [1.807, 2.05) is 64.1 Å². The molecule has 2 aromatic rings. The number of aryl methyl sites for hydroxylation is 4. The monoisotopic (exact) mass is 339 g/mol. The lowest BCUT2D eigenvalue weighted by molar-refractivity contribution is -0.152. The topological polar surface area (TPSA) is 55.4 Å². The van der Waals surface area contributed by atoms with Crippen molar-refractivity contribution in [3.05, 3.63) is 64.2 Å². The van der Waals surface area contributed by atoms with E-state index in [2.05, 4.69) is 5.32 Å². The zero-order valence-corrected chi connectivity index (χ0v) is 15.5. The molecule has 0 unspecified atom stereocenters. The second-order valence-electron chi connectivity index (χ2n) is 6.54. The lowest BCUT2D eigenvalue weighted by Gasteiger charge is -2.15. The van der Waals surface area contributed by atoms with Gasteiger partial charge in [-0.25, -0.2) is 0 Å². The zero-order chi connectivity index (χ0) is 18.6. The van der Waals surface area contributed by atoms with Crippen molar-refractivity contribution in [2.75, 3.05) is 5.32 Å². The van der Waals surface area contributed by atoms with Crippen LogP contribution in [0.5, 0.6) is 0 Å². The van der Waals surface area contributed by atoms with Crippen LogP contribution in [0.1, 0.15) is 34.7 Å². The third kappa shape index (κ3) is 5.18. The van der Waals surface area contributed by atoms with Crippen LogP contribution in [0.4, 0.5) is 5.69 Å². The highest BCUT2D eigenvalue weighted by atomic mass is 16.5. The maximum Gasteiger partial charge on any atom is 0.311 e. The van der Waals surface area contributed by atoms with Gasteiger partial charge in [-0.15, -0.1) is 0 Å². The summed E-state index contributed by atoms with van der Waals surface area (Å²) in [5, 5.41) is 2.82. The Kier molecular flexibility index (Phi) is 5.97. The summed E-state index contributed by atoms with van der Waals surface area (Å²) < 4.78 is 5.28. The Morgan fingerprint density at radius 1 is 0.960 bits per heavy atom. The molecule has 0 saturated heterocycles. The molecule has 2 rings (SSSR count). The molecular formula is C21H25NO3. The molecule has 1 N–H and O–H groups in total. The van der Waals surface area contributed by atoms with Gasteiger partial charge in [-0.05, 0) is 68.5 Å². The highest BCUT2D eigenvalue weighted by molar-refractivity contribution is 5.95. The molecule has 0 fully saturated rings. The van der Waals surface area contributed by atoms with Gasteiger partial charge >= 0.3 is 5.97 Å². The van der Waals surface area contributed by atoms with Gasteiger partial charge in [0.15, 0.2) is 6.10 Å². The van der Waals surface area contributed by atoms with Crippen LogP contribution < -0.4 is 5.32 Å². The minimum absolute atomic E-state index is 0.155. The van der Waals surface area contributed by atoms with E-state index in [9.17, 15) is 9.59 Å². The standard InChI is InChI=1S/C21H25NO3/c1-13-6-7-15(3)19(10-13)22-21(24)17(5)25-20(23)12-18-9-8-14(2)16(4)11-18/h6-11,17H,12H2,1-5H3,(H,22,24)/t17-/m1/s1. The molecule has 0 aliphatic carbocycles. The van der Waals surface area contributed by atoms with Crippen LogP contribution in [0.15, 0.2) is 36.4 Å². The summed E-state index contributed by atoms with van der Waals surface area (Å²) in [5.41, 5.74) is 5.95. The minimum atomic E-state index is -0.848. The highest BCUT2D eigenvalue weighted by Gasteiger charge is 2.19. The molecule has 25 heavy (non-hydrogen) atoms. The van der Waals surface area contributed by atoms with E-state index in [4.69, 9.17) is 4.74 Å². The average molecular weight is 339 g/mol. The molecule has 0 heterocycles. The predicted octanol–water partition coefficient (Wildman–Crippen LogP) is 4.03. The molecule has 0 bridgehead atoms. The fraction of sp³-hybridized carbons (Fsp3) is 0.333. The first-order chi connectivity index (χ1) is 11.8. The van der Waals surface area contributed by atoms with E-state index < -0.39 is 12.1 Å². The van der Waals surface area contributed by atoms with Crippen molar-refractivity contribution in [3.8, 4) is 0 Å². The number of nitrogens with one attached hydrogen (secondary N) is 1. The van der Waals surface area contributed by atoms with Crippen LogP contribution in [-0.2, 0) is 20.7 Å². The number of hydrogen-bond acceptors (Lipinski definition) is 3. The number of esters is 1. The van der Waals surface area contributed by atoms with E-state index in [1.165, 1.54) is 5.56 Å². The molecule has 0 aliphatic rings. The Morgan fingerprint density at radius 3 is 2.32 bits per heavy atom. The largest absolute Gasteiger partial charge is 0.452 e. The van der Waals surface area contributed by atoms with Gasteiger partial charge in [0.25, 0.3) is 5.91 Å². The molecule has 0 radical (unpaired) electrons. The third-order valence-corrected chi connectivity index (χ3v) is 4.25. The van der Waals surface area contributed by atoms with Crippen molar-refractivity contribution < 1.29 is 14.3 Å². The number of amides is 1. The van der Waals surface area contributed by atoms with Crippen LogP contribution in [0.3, 0.4) is 0 Å². The molecular weight excluding hydrogens is 314 g/mol. The van der Waals surface area contributed by atoms with Crippen molar-refractivity contribution in [1.29, 1.82) is 0 Å². The van der Waals surface area contributed by atoms with Gasteiger partial charge in [-0.3, -0.25) is 9.59 Å². The van der Waals surface area contributed by atoms with Gasteiger partial charge in [0.05, 0.1) is 6.42 Å². The second-order valence-corrected chi connectivity index (χ2v) is 6.54.